The van der Waals surface area contributed by atoms with E-state index in [0.29, 0.717) is 5.69 Å². The van der Waals surface area contributed by atoms with Crippen LogP contribution in [0, 0.1) is 24.0 Å². The second kappa shape index (κ2) is 6.83. The highest BCUT2D eigenvalue weighted by Crippen LogP contribution is 2.21. The summed E-state index contributed by atoms with van der Waals surface area (Å²) in [7, 11) is 1.69. The Labute approximate surface area is 145 Å². The Balaban J connectivity index is 1.99. The number of rotatable bonds is 4. The summed E-state index contributed by atoms with van der Waals surface area (Å²) in [6, 6.07) is 1.60. The van der Waals surface area contributed by atoms with Crippen LogP contribution in [0.3, 0.4) is 0 Å². The summed E-state index contributed by atoms with van der Waals surface area (Å²) in [5.41, 5.74) is 5.26. The van der Waals surface area contributed by atoms with E-state index < -0.39 is 16.7 Å². The number of aromatic nitrogens is 3. The number of hydrazine groups is 1. The average Bonchev–Trinajstić information content (AvgIpc) is 2.95. The van der Waals surface area contributed by atoms with E-state index in [1.54, 1.807) is 23.9 Å². The molecule has 0 bridgehead atoms. The van der Waals surface area contributed by atoms with Crippen LogP contribution in [0.25, 0.3) is 0 Å². The third kappa shape index (κ3) is 3.62. The molecule has 24 heavy (non-hydrogen) atoms. The van der Waals surface area contributed by atoms with E-state index in [2.05, 4.69) is 31.9 Å². The predicted molar refractivity (Wildman–Crippen MR) is 87.1 cm³/mol. The summed E-state index contributed by atoms with van der Waals surface area (Å²) in [6.07, 6.45) is 1.70. The van der Waals surface area contributed by atoms with Crippen LogP contribution < -0.4 is 10.9 Å². The first-order valence-electron chi connectivity index (χ1n) is 6.80. The van der Waals surface area contributed by atoms with Gasteiger partial charge in [0.1, 0.15) is 23.6 Å². The van der Waals surface area contributed by atoms with Crippen molar-refractivity contribution in [3.8, 4) is 0 Å². The van der Waals surface area contributed by atoms with Gasteiger partial charge in [0.25, 0.3) is 11.8 Å². The number of nitrogens with zero attached hydrogens (tertiary/aromatic N) is 4. The zero-order valence-electron chi connectivity index (χ0n) is 13.2. The van der Waals surface area contributed by atoms with Crippen LogP contribution in [0.5, 0.6) is 0 Å². The third-order valence-electron chi connectivity index (χ3n) is 3.34. The standard InChI is InChI=1S/C13H15BrN6O4/c1-7-12(20(23)24)8(2)19(17-7)6-11(21)15-16-13(22)10-4-9(14)5-18(10)3/h4-5H,6H2,1-3H3,(H,15,21)(H,16,22). The monoisotopic (exact) mass is 398 g/mol. The van der Waals surface area contributed by atoms with Crippen molar-refractivity contribution >= 4 is 33.4 Å². The molecule has 11 heteroatoms. The lowest BCUT2D eigenvalue weighted by Gasteiger charge is -2.08. The number of amides is 2. The molecule has 10 nitrogen and oxygen atoms in total. The quantitative estimate of drug-likeness (QED) is 0.586. The fourth-order valence-electron chi connectivity index (χ4n) is 2.22. The number of carbonyl (C=O) groups is 2. The second-order valence-electron chi connectivity index (χ2n) is 5.09. The van der Waals surface area contributed by atoms with Gasteiger partial charge in [-0.3, -0.25) is 35.2 Å². The Morgan fingerprint density at radius 3 is 2.54 bits per heavy atom. The topological polar surface area (TPSA) is 124 Å². The highest BCUT2D eigenvalue weighted by atomic mass is 79.9. The van der Waals surface area contributed by atoms with Crippen LogP contribution in [0.15, 0.2) is 16.7 Å². The van der Waals surface area contributed by atoms with Crippen molar-refractivity contribution in [3.63, 3.8) is 0 Å². The molecule has 0 aliphatic heterocycles. The Morgan fingerprint density at radius 1 is 1.38 bits per heavy atom. The average molecular weight is 399 g/mol. The normalized spacial score (nSPS) is 10.5. The molecule has 0 unspecified atom stereocenters. The highest BCUT2D eigenvalue weighted by molar-refractivity contribution is 9.10. The van der Waals surface area contributed by atoms with Gasteiger partial charge in [-0.15, -0.1) is 0 Å². The highest BCUT2D eigenvalue weighted by Gasteiger charge is 2.23. The molecule has 0 spiro atoms. The van der Waals surface area contributed by atoms with Gasteiger partial charge in [-0.1, -0.05) is 0 Å². The summed E-state index contributed by atoms with van der Waals surface area (Å²) < 4.78 is 3.54. The number of aryl methyl sites for hydroxylation is 2. The smallest absolute Gasteiger partial charge is 0.312 e. The van der Waals surface area contributed by atoms with E-state index in [1.165, 1.54) is 18.5 Å². The Hall–Kier alpha value is -2.69. The van der Waals surface area contributed by atoms with Crippen LogP contribution in [-0.4, -0.2) is 31.1 Å². The number of carbonyl (C=O) groups excluding carboxylic acids is 2. The third-order valence-corrected chi connectivity index (χ3v) is 3.77. The Morgan fingerprint density at radius 2 is 2.04 bits per heavy atom. The molecule has 0 atom stereocenters. The molecular weight excluding hydrogens is 384 g/mol. The second-order valence-corrected chi connectivity index (χ2v) is 6.01. The van der Waals surface area contributed by atoms with Crippen molar-refractivity contribution in [3.05, 3.63) is 43.9 Å². The van der Waals surface area contributed by atoms with Crippen LogP contribution in [0.1, 0.15) is 21.9 Å². The van der Waals surface area contributed by atoms with E-state index in [4.69, 9.17) is 0 Å². The summed E-state index contributed by atoms with van der Waals surface area (Å²) in [5.74, 6) is -1.05. The molecular formula is C13H15BrN6O4. The molecule has 128 valence electrons. The summed E-state index contributed by atoms with van der Waals surface area (Å²) in [4.78, 5) is 34.3. The first kappa shape index (κ1) is 17.7. The molecule has 0 radical (unpaired) electrons. The van der Waals surface area contributed by atoms with E-state index in [9.17, 15) is 19.7 Å². The Kier molecular flexibility index (Phi) is 5.02. The van der Waals surface area contributed by atoms with Gasteiger partial charge >= 0.3 is 5.69 Å². The molecule has 2 aromatic heterocycles. The zero-order chi connectivity index (χ0) is 18.0. The largest absolute Gasteiger partial charge is 0.345 e. The maximum Gasteiger partial charge on any atom is 0.312 e. The number of hydrogen-bond donors (Lipinski definition) is 2. The van der Waals surface area contributed by atoms with Gasteiger partial charge in [0, 0.05) is 17.7 Å². The molecule has 0 saturated carbocycles. The number of nitro groups is 1. The van der Waals surface area contributed by atoms with Gasteiger partial charge in [-0.05, 0) is 35.8 Å². The maximum atomic E-state index is 12.0. The molecule has 2 aromatic rings. The molecule has 0 aliphatic carbocycles. The van der Waals surface area contributed by atoms with Crippen molar-refractivity contribution < 1.29 is 14.5 Å². The zero-order valence-corrected chi connectivity index (χ0v) is 14.7. The van der Waals surface area contributed by atoms with Gasteiger partial charge in [0.2, 0.25) is 0 Å². The lowest BCUT2D eigenvalue weighted by Crippen LogP contribution is -2.43. The number of nitrogens with one attached hydrogen (secondary N) is 2. The lowest BCUT2D eigenvalue weighted by atomic mass is 10.3. The van der Waals surface area contributed by atoms with Gasteiger partial charge in [-0.2, -0.15) is 5.10 Å². The van der Waals surface area contributed by atoms with Crippen LogP contribution in [0.2, 0.25) is 0 Å². The van der Waals surface area contributed by atoms with Crippen LogP contribution >= 0.6 is 15.9 Å². The first-order chi connectivity index (χ1) is 11.2. The van der Waals surface area contributed by atoms with Gasteiger partial charge in [0.15, 0.2) is 0 Å². The summed E-state index contributed by atoms with van der Waals surface area (Å²) in [6.45, 7) is 2.75. The van der Waals surface area contributed by atoms with Crippen molar-refractivity contribution in [2.75, 3.05) is 0 Å². The minimum absolute atomic E-state index is 0.125. The number of hydrogen-bond acceptors (Lipinski definition) is 5. The van der Waals surface area contributed by atoms with Crippen molar-refractivity contribution in [1.29, 1.82) is 0 Å². The van der Waals surface area contributed by atoms with Gasteiger partial charge in [0.05, 0.1) is 4.92 Å². The maximum absolute atomic E-state index is 12.0. The van der Waals surface area contributed by atoms with E-state index in [0.717, 1.165) is 4.47 Å². The molecule has 2 amide bonds. The molecule has 0 aliphatic rings. The van der Waals surface area contributed by atoms with Crippen LogP contribution in [0.4, 0.5) is 5.69 Å². The lowest BCUT2D eigenvalue weighted by molar-refractivity contribution is -0.386. The van der Waals surface area contributed by atoms with Crippen molar-refractivity contribution in [2.45, 2.75) is 20.4 Å². The molecule has 0 saturated heterocycles. The molecule has 2 N–H and O–H groups in total. The minimum Gasteiger partial charge on any atom is -0.345 e. The van der Waals surface area contributed by atoms with E-state index >= 15 is 0 Å². The first-order valence-corrected chi connectivity index (χ1v) is 7.59. The summed E-state index contributed by atoms with van der Waals surface area (Å²) in [5, 5.41) is 14.9. The molecule has 2 heterocycles. The minimum atomic E-state index is -0.558. The van der Waals surface area contributed by atoms with Gasteiger partial charge in [-0.25, -0.2) is 0 Å². The van der Waals surface area contributed by atoms with E-state index in [1.807, 2.05) is 0 Å². The molecule has 2 rings (SSSR count). The van der Waals surface area contributed by atoms with E-state index in [-0.39, 0.29) is 23.6 Å². The molecule has 0 aromatic carbocycles. The number of halogens is 1. The van der Waals surface area contributed by atoms with Crippen molar-refractivity contribution in [1.82, 2.24) is 25.2 Å². The predicted octanol–water partition coefficient (Wildman–Crippen LogP) is 0.970. The fourth-order valence-corrected chi connectivity index (χ4v) is 2.75. The Bertz CT molecular complexity index is 825. The fraction of sp³-hybridized carbons (Fsp3) is 0.308. The summed E-state index contributed by atoms with van der Waals surface area (Å²) >= 11 is 3.25. The van der Waals surface area contributed by atoms with Crippen molar-refractivity contribution in [2.24, 2.45) is 7.05 Å². The van der Waals surface area contributed by atoms with Crippen LogP contribution in [-0.2, 0) is 18.4 Å². The SMILES string of the molecule is Cc1nn(CC(=O)NNC(=O)c2cc(Br)cn2C)c(C)c1[N+](=O)[O-]. The van der Waals surface area contributed by atoms with Gasteiger partial charge < -0.3 is 4.57 Å². The molecule has 0 fully saturated rings.